The molecule has 4 nitrogen and oxygen atoms in total. The number of nitrogens with zero attached hydrogens (tertiary/aromatic N) is 1. The van der Waals surface area contributed by atoms with Crippen LogP contribution in [0.25, 0.3) is 10.9 Å². The van der Waals surface area contributed by atoms with Crippen LogP contribution in [0.5, 0.6) is 0 Å². The van der Waals surface area contributed by atoms with E-state index in [9.17, 15) is 9.18 Å². The van der Waals surface area contributed by atoms with E-state index in [0.29, 0.717) is 10.9 Å². The van der Waals surface area contributed by atoms with Gasteiger partial charge in [-0.3, -0.25) is 4.68 Å². The minimum absolute atomic E-state index is 0.00185. The average Bonchev–Trinajstić information content (AvgIpc) is 2.43. The Morgan fingerprint density at radius 3 is 2.86 bits per heavy atom. The maximum absolute atomic E-state index is 12.8. The molecule has 3 N–H and O–H groups in total. The van der Waals surface area contributed by atoms with Crippen molar-refractivity contribution in [2.45, 2.75) is 0 Å². The Bertz CT molecular complexity index is 519. The van der Waals surface area contributed by atoms with E-state index in [1.165, 1.54) is 18.3 Å². The molecule has 1 aromatic heterocycles. The van der Waals surface area contributed by atoms with Crippen molar-refractivity contribution < 1.29 is 14.3 Å². The molecule has 2 aromatic rings. The zero-order valence-electron chi connectivity index (χ0n) is 7.07. The summed E-state index contributed by atoms with van der Waals surface area (Å²) < 4.78 is 14.0. The summed E-state index contributed by atoms with van der Waals surface area (Å²) in [6.45, 7) is 0. The average molecular weight is 194 g/mol. The minimum Gasteiger partial charge on any atom is -0.478 e. The Balaban J connectivity index is 2.85. The molecule has 0 amide bonds. The predicted octanol–water partition coefficient (Wildman–Crippen LogP) is 1.19. The second-order valence-electron chi connectivity index (χ2n) is 2.92. The smallest absolute Gasteiger partial charge is 0.337 e. The van der Waals surface area contributed by atoms with Gasteiger partial charge in [-0.15, -0.1) is 0 Å². The molecule has 1 aromatic carbocycles. The second kappa shape index (κ2) is 2.73. The molecule has 1 heterocycles. The molecule has 0 atom stereocenters. The number of carboxylic acids is 1. The van der Waals surface area contributed by atoms with Crippen molar-refractivity contribution in [3.8, 4) is 0 Å². The summed E-state index contributed by atoms with van der Waals surface area (Å²) in [7, 11) is 0. The maximum atomic E-state index is 12.8. The molecule has 0 aliphatic heterocycles. The first-order valence-electron chi connectivity index (χ1n) is 3.88. The van der Waals surface area contributed by atoms with Gasteiger partial charge in [0.05, 0.1) is 11.1 Å². The van der Waals surface area contributed by atoms with Gasteiger partial charge >= 0.3 is 5.97 Å². The molecule has 0 fully saturated rings. The van der Waals surface area contributed by atoms with Crippen LogP contribution in [0.4, 0.5) is 4.39 Å². The first-order chi connectivity index (χ1) is 6.59. The predicted molar refractivity (Wildman–Crippen MR) is 49.0 cm³/mol. The zero-order valence-corrected chi connectivity index (χ0v) is 7.07. The van der Waals surface area contributed by atoms with Crippen molar-refractivity contribution in [3.63, 3.8) is 0 Å². The summed E-state index contributed by atoms with van der Waals surface area (Å²) in [5.74, 6) is 3.89. The normalized spacial score (nSPS) is 10.6. The fraction of sp³-hybridized carbons (Fsp3) is 0. The van der Waals surface area contributed by atoms with Gasteiger partial charge in [0.15, 0.2) is 0 Å². The minimum atomic E-state index is -1.12. The van der Waals surface area contributed by atoms with Crippen LogP contribution in [0.3, 0.4) is 0 Å². The molecule has 0 radical (unpaired) electrons. The van der Waals surface area contributed by atoms with Crippen LogP contribution >= 0.6 is 0 Å². The number of hydrogen-bond acceptors (Lipinski definition) is 2. The largest absolute Gasteiger partial charge is 0.478 e. The van der Waals surface area contributed by atoms with Crippen molar-refractivity contribution in [3.05, 3.63) is 35.8 Å². The Morgan fingerprint density at radius 1 is 1.50 bits per heavy atom. The van der Waals surface area contributed by atoms with Gasteiger partial charge in [-0.1, -0.05) is 0 Å². The van der Waals surface area contributed by atoms with E-state index in [1.807, 2.05) is 0 Å². The SMILES string of the molecule is Nn1cc(C(=O)O)c2cc(F)ccc21. The molecule has 72 valence electrons. The van der Waals surface area contributed by atoms with E-state index in [0.717, 1.165) is 10.7 Å². The molecule has 0 bridgehead atoms. The number of fused-ring (bicyclic) bond motifs is 1. The topological polar surface area (TPSA) is 68.2 Å². The highest BCUT2D eigenvalue weighted by Gasteiger charge is 2.13. The van der Waals surface area contributed by atoms with E-state index in [1.54, 1.807) is 0 Å². The van der Waals surface area contributed by atoms with Crippen LogP contribution in [0.15, 0.2) is 24.4 Å². The zero-order chi connectivity index (χ0) is 10.3. The molecule has 0 spiro atoms. The maximum Gasteiger partial charge on any atom is 0.337 e. The quantitative estimate of drug-likeness (QED) is 0.670. The molecule has 0 aliphatic rings. The van der Waals surface area contributed by atoms with Gasteiger partial charge in [-0.2, -0.15) is 0 Å². The monoisotopic (exact) mass is 194 g/mol. The molecule has 0 aliphatic carbocycles. The van der Waals surface area contributed by atoms with Crippen LogP contribution in [0.2, 0.25) is 0 Å². The van der Waals surface area contributed by atoms with Gasteiger partial charge in [-0.05, 0) is 18.2 Å². The van der Waals surface area contributed by atoms with Gasteiger partial charge in [-0.25, -0.2) is 9.18 Å². The van der Waals surface area contributed by atoms with Crippen molar-refractivity contribution in [1.82, 2.24) is 4.68 Å². The van der Waals surface area contributed by atoms with Gasteiger partial charge in [0.2, 0.25) is 0 Å². The lowest BCUT2D eigenvalue weighted by molar-refractivity contribution is 0.0699. The van der Waals surface area contributed by atoms with E-state index in [-0.39, 0.29) is 5.56 Å². The van der Waals surface area contributed by atoms with Crippen LogP contribution in [0.1, 0.15) is 10.4 Å². The number of nitrogen functional groups attached to an aromatic ring is 1. The third-order valence-electron chi connectivity index (χ3n) is 2.03. The van der Waals surface area contributed by atoms with Crippen molar-refractivity contribution >= 4 is 16.9 Å². The summed E-state index contributed by atoms with van der Waals surface area (Å²) in [6, 6.07) is 3.83. The first-order valence-corrected chi connectivity index (χ1v) is 3.88. The second-order valence-corrected chi connectivity index (χ2v) is 2.92. The van der Waals surface area contributed by atoms with Gasteiger partial charge < -0.3 is 10.9 Å². The molecular weight excluding hydrogens is 187 g/mol. The summed E-state index contributed by atoms with van der Waals surface area (Å²) in [6.07, 6.45) is 1.26. The summed E-state index contributed by atoms with van der Waals surface area (Å²) in [4.78, 5) is 10.7. The Morgan fingerprint density at radius 2 is 2.21 bits per heavy atom. The number of benzene rings is 1. The highest BCUT2D eigenvalue weighted by molar-refractivity contribution is 6.03. The number of hydrogen-bond donors (Lipinski definition) is 2. The fourth-order valence-corrected chi connectivity index (χ4v) is 1.40. The number of aromatic carboxylic acids is 1. The summed E-state index contributed by atoms with van der Waals surface area (Å²) in [5.41, 5.74) is 0.491. The van der Waals surface area contributed by atoms with E-state index in [4.69, 9.17) is 10.9 Å². The van der Waals surface area contributed by atoms with Gasteiger partial charge in [0, 0.05) is 11.6 Å². The molecule has 0 saturated carbocycles. The highest BCUT2D eigenvalue weighted by Crippen LogP contribution is 2.20. The Kier molecular flexibility index (Phi) is 1.67. The Hall–Kier alpha value is -2.04. The van der Waals surface area contributed by atoms with E-state index in [2.05, 4.69) is 0 Å². The lowest BCUT2D eigenvalue weighted by Gasteiger charge is -1.94. The van der Waals surface area contributed by atoms with E-state index >= 15 is 0 Å². The molecular formula is C9H7FN2O2. The lowest BCUT2D eigenvalue weighted by atomic mass is 10.2. The standard InChI is InChI=1S/C9H7FN2O2/c10-5-1-2-8-6(3-5)7(9(13)14)4-12(8)11/h1-4H,11H2,(H,13,14). The molecule has 14 heavy (non-hydrogen) atoms. The van der Waals surface area contributed by atoms with Gasteiger partial charge in [0.25, 0.3) is 0 Å². The van der Waals surface area contributed by atoms with Crippen LogP contribution in [-0.2, 0) is 0 Å². The van der Waals surface area contributed by atoms with Crippen LogP contribution in [-0.4, -0.2) is 15.8 Å². The highest BCUT2D eigenvalue weighted by atomic mass is 19.1. The van der Waals surface area contributed by atoms with Crippen molar-refractivity contribution in [2.75, 3.05) is 5.84 Å². The summed E-state index contributed by atoms with van der Waals surface area (Å²) >= 11 is 0. The van der Waals surface area contributed by atoms with Crippen molar-refractivity contribution in [2.24, 2.45) is 0 Å². The molecule has 0 saturated heterocycles. The van der Waals surface area contributed by atoms with Crippen LogP contribution in [0, 0.1) is 5.82 Å². The number of aromatic nitrogens is 1. The van der Waals surface area contributed by atoms with E-state index < -0.39 is 11.8 Å². The third kappa shape index (κ3) is 1.10. The lowest BCUT2D eigenvalue weighted by Crippen LogP contribution is -2.05. The summed E-state index contributed by atoms with van der Waals surface area (Å²) in [5, 5.41) is 9.10. The number of halogens is 1. The van der Waals surface area contributed by atoms with Gasteiger partial charge in [0.1, 0.15) is 5.82 Å². The van der Waals surface area contributed by atoms with Crippen LogP contribution < -0.4 is 5.84 Å². The van der Waals surface area contributed by atoms with Crippen molar-refractivity contribution in [1.29, 1.82) is 0 Å². The number of carbonyl (C=O) groups is 1. The molecule has 5 heteroatoms. The Labute approximate surface area is 78.3 Å². The molecule has 0 unspecified atom stereocenters. The number of nitrogens with two attached hydrogens (primary N) is 1. The number of carboxylic acid groups (broad SMARTS) is 1. The number of rotatable bonds is 1. The fourth-order valence-electron chi connectivity index (χ4n) is 1.40. The third-order valence-corrected chi connectivity index (χ3v) is 2.03. The molecule has 2 rings (SSSR count). The first kappa shape index (κ1) is 8.55.